The number of unbranched alkanes of at least 4 members (excludes halogenated alkanes) is 1. The first-order valence-electron chi connectivity index (χ1n) is 8.79. The van der Waals surface area contributed by atoms with Crippen LogP contribution in [0, 0.1) is 0 Å². The monoisotopic (exact) mass is 333 g/mol. The van der Waals surface area contributed by atoms with E-state index in [-0.39, 0.29) is 5.78 Å². The third kappa shape index (κ3) is 4.69. The Kier molecular flexibility index (Phi) is 6.35. The van der Waals surface area contributed by atoms with Crippen LogP contribution in [0.3, 0.4) is 0 Å². The van der Waals surface area contributed by atoms with E-state index in [4.69, 9.17) is 0 Å². The van der Waals surface area contributed by atoms with Gasteiger partial charge in [-0.25, -0.2) is 0 Å². The number of carbonyl (C=O) groups excluding carboxylic acids is 1. The van der Waals surface area contributed by atoms with Gasteiger partial charge in [0.2, 0.25) is 0 Å². The van der Waals surface area contributed by atoms with Crippen LogP contribution in [-0.4, -0.2) is 5.78 Å². The number of hydrogen-bond donors (Lipinski definition) is 1. The van der Waals surface area contributed by atoms with E-state index in [1.165, 1.54) is 0 Å². The summed E-state index contributed by atoms with van der Waals surface area (Å²) in [5.74, 6) is 0.0997. The number of hydrogen-bond acceptors (Lipinski definition) is 2. The van der Waals surface area contributed by atoms with Gasteiger partial charge < -0.3 is 5.32 Å². The van der Waals surface area contributed by atoms with Crippen LogP contribution in [0.25, 0.3) is 11.3 Å². The Labute approximate surface area is 151 Å². The minimum Gasteiger partial charge on any atom is -0.355 e. The standard InChI is InChI=1S/C23H27NO/c1-6-7-10-19-13-14-20(15-23(19)18(5)25)24-17(4)22-12-9-8-11-21(22)16(2)3/h8-9,11-15,24H,2,4,6-7,10H2,1,3,5H3. The van der Waals surface area contributed by atoms with Crippen LogP contribution < -0.4 is 5.32 Å². The summed E-state index contributed by atoms with van der Waals surface area (Å²) in [5, 5.41) is 3.34. The van der Waals surface area contributed by atoms with E-state index in [0.29, 0.717) is 0 Å². The smallest absolute Gasteiger partial charge is 0.160 e. The van der Waals surface area contributed by atoms with Crippen LogP contribution in [-0.2, 0) is 6.42 Å². The number of anilines is 1. The molecule has 0 atom stereocenters. The molecule has 0 spiro atoms. The van der Waals surface area contributed by atoms with Gasteiger partial charge in [0.15, 0.2) is 5.78 Å². The van der Waals surface area contributed by atoms with Gasteiger partial charge in [-0.1, -0.05) is 62.4 Å². The second-order valence-electron chi connectivity index (χ2n) is 6.46. The van der Waals surface area contributed by atoms with E-state index in [1.807, 2.05) is 49.4 Å². The van der Waals surface area contributed by atoms with Crippen LogP contribution in [0.15, 0.2) is 55.6 Å². The molecule has 2 heteroatoms. The van der Waals surface area contributed by atoms with E-state index >= 15 is 0 Å². The normalized spacial score (nSPS) is 10.4. The third-order valence-electron chi connectivity index (χ3n) is 4.30. The van der Waals surface area contributed by atoms with E-state index in [0.717, 1.165) is 58.5 Å². The summed E-state index contributed by atoms with van der Waals surface area (Å²) >= 11 is 0. The molecule has 0 aromatic heterocycles. The molecular weight excluding hydrogens is 306 g/mol. The average molecular weight is 333 g/mol. The van der Waals surface area contributed by atoms with Crippen LogP contribution >= 0.6 is 0 Å². The zero-order valence-corrected chi connectivity index (χ0v) is 15.5. The molecule has 0 radical (unpaired) electrons. The van der Waals surface area contributed by atoms with Gasteiger partial charge in [-0.15, -0.1) is 0 Å². The fourth-order valence-corrected chi connectivity index (χ4v) is 2.93. The maximum Gasteiger partial charge on any atom is 0.160 e. The molecule has 2 rings (SSSR count). The van der Waals surface area contributed by atoms with Crippen molar-refractivity contribution in [2.75, 3.05) is 5.32 Å². The Morgan fingerprint density at radius 3 is 2.28 bits per heavy atom. The number of Topliss-reactive ketones (excluding diaryl/α,β-unsaturated/α-hetero) is 1. The maximum atomic E-state index is 12.0. The Bertz CT molecular complexity index is 801. The van der Waals surface area contributed by atoms with Crippen LogP contribution in [0.1, 0.15) is 60.7 Å². The number of allylic oxidation sites excluding steroid dienone is 1. The minimum absolute atomic E-state index is 0.0997. The van der Waals surface area contributed by atoms with Crippen LogP contribution in [0.4, 0.5) is 5.69 Å². The fraction of sp³-hybridized carbons (Fsp3) is 0.261. The molecule has 0 aliphatic rings. The lowest BCUT2D eigenvalue weighted by atomic mass is 9.98. The van der Waals surface area contributed by atoms with Crippen molar-refractivity contribution < 1.29 is 4.79 Å². The molecule has 0 saturated heterocycles. The molecule has 130 valence electrons. The highest BCUT2D eigenvalue weighted by molar-refractivity contribution is 5.97. The lowest BCUT2D eigenvalue weighted by molar-refractivity contribution is 0.101. The minimum atomic E-state index is 0.0997. The second-order valence-corrected chi connectivity index (χ2v) is 6.46. The van der Waals surface area contributed by atoms with Crippen molar-refractivity contribution in [2.45, 2.75) is 40.0 Å². The molecular formula is C23H27NO. The Balaban J connectivity index is 2.28. The lowest BCUT2D eigenvalue weighted by Crippen LogP contribution is -2.04. The van der Waals surface area contributed by atoms with E-state index < -0.39 is 0 Å². The van der Waals surface area contributed by atoms with Gasteiger partial charge in [0.05, 0.1) is 0 Å². The first-order valence-corrected chi connectivity index (χ1v) is 8.79. The van der Waals surface area contributed by atoms with Gasteiger partial charge in [0.25, 0.3) is 0 Å². The molecule has 0 bridgehead atoms. The molecule has 2 nitrogen and oxygen atoms in total. The molecule has 0 aliphatic carbocycles. The summed E-state index contributed by atoms with van der Waals surface area (Å²) in [5.41, 5.74) is 6.69. The lowest BCUT2D eigenvalue weighted by Gasteiger charge is -2.16. The van der Waals surface area contributed by atoms with Crippen LogP contribution in [0.2, 0.25) is 0 Å². The highest BCUT2D eigenvalue weighted by Crippen LogP contribution is 2.26. The Morgan fingerprint density at radius 1 is 1.00 bits per heavy atom. The SMILES string of the molecule is C=C(C)c1ccccc1C(=C)Nc1ccc(CCCC)c(C(C)=O)c1. The molecule has 2 aromatic rings. The van der Waals surface area contributed by atoms with Crippen molar-refractivity contribution in [1.29, 1.82) is 0 Å². The number of nitrogens with one attached hydrogen (secondary N) is 1. The number of aryl methyl sites for hydroxylation is 1. The van der Waals surface area contributed by atoms with Crippen molar-refractivity contribution in [3.05, 3.63) is 77.9 Å². The van der Waals surface area contributed by atoms with Gasteiger partial charge >= 0.3 is 0 Å². The molecule has 2 aromatic carbocycles. The van der Waals surface area contributed by atoms with Crippen molar-refractivity contribution in [3.8, 4) is 0 Å². The van der Waals surface area contributed by atoms with E-state index in [2.05, 4.69) is 25.4 Å². The molecule has 0 aliphatic heterocycles. The quantitative estimate of drug-likeness (QED) is 0.570. The molecule has 0 heterocycles. The highest BCUT2D eigenvalue weighted by Gasteiger charge is 2.10. The molecule has 0 unspecified atom stereocenters. The zero-order chi connectivity index (χ0) is 18.4. The largest absolute Gasteiger partial charge is 0.355 e. The van der Waals surface area contributed by atoms with E-state index in [1.54, 1.807) is 6.92 Å². The number of carbonyl (C=O) groups is 1. The van der Waals surface area contributed by atoms with Crippen molar-refractivity contribution in [2.24, 2.45) is 0 Å². The summed E-state index contributed by atoms with van der Waals surface area (Å²) in [6.07, 6.45) is 3.14. The van der Waals surface area contributed by atoms with E-state index in [9.17, 15) is 4.79 Å². The van der Waals surface area contributed by atoms with Crippen LogP contribution in [0.5, 0.6) is 0 Å². The summed E-state index contributed by atoms with van der Waals surface area (Å²) in [6.45, 7) is 14.0. The topological polar surface area (TPSA) is 29.1 Å². The number of ketones is 1. The number of rotatable bonds is 8. The molecule has 0 fully saturated rings. The summed E-state index contributed by atoms with van der Waals surface area (Å²) in [4.78, 5) is 12.0. The van der Waals surface area contributed by atoms with Gasteiger partial charge in [-0.05, 0) is 49.9 Å². The van der Waals surface area contributed by atoms with Gasteiger partial charge in [0.1, 0.15) is 0 Å². The highest BCUT2D eigenvalue weighted by atomic mass is 16.1. The van der Waals surface area contributed by atoms with Gasteiger partial charge in [0, 0.05) is 22.5 Å². The molecule has 0 amide bonds. The van der Waals surface area contributed by atoms with Crippen molar-refractivity contribution in [1.82, 2.24) is 0 Å². The van der Waals surface area contributed by atoms with Gasteiger partial charge in [-0.3, -0.25) is 4.79 Å². The summed E-state index contributed by atoms with van der Waals surface area (Å²) in [7, 11) is 0. The predicted octanol–water partition coefficient (Wildman–Crippen LogP) is 6.35. The molecule has 25 heavy (non-hydrogen) atoms. The Morgan fingerprint density at radius 2 is 1.68 bits per heavy atom. The molecule has 0 saturated carbocycles. The molecule has 1 N–H and O–H groups in total. The van der Waals surface area contributed by atoms with Crippen molar-refractivity contribution >= 4 is 22.7 Å². The van der Waals surface area contributed by atoms with Crippen molar-refractivity contribution in [3.63, 3.8) is 0 Å². The third-order valence-corrected chi connectivity index (χ3v) is 4.30. The average Bonchev–Trinajstić information content (AvgIpc) is 2.60. The maximum absolute atomic E-state index is 12.0. The first-order chi connectivity index (χ1) is 11.9. The first kappa shape index (κ1) is 18.7. The second kappa shape index (κ2) is 8.48. The summed E-state index contributed by atoms with van der Waals surface area (Å²) in [6, 6.07) is 14.1. The fourth-order valence-electron chi connectivity index (χ4n) is 2.93. The summed E-state index contributed by atoms with van der Waals surface area (Å²) < 4.78 is 0. The Hall–Kier alpha value is -2.61. The van der Waals surface area contributed by atoms with Gasteiger partial charge in [-0.2, -0.15) is 0 Å². The zero-order valence-electron chi connectivity index (χ0n) is 15.5. The number of benzene rings is 2. The predicted molar refractivity (Wildman–Crippen MR) is 109 cm³/mol.